The lowest BCUT2D eigenvalue weighted by Gasteiger charge is -2.09. The van der Waals surface area contributed by atoms with E-state index in [1.807, 2.05) is 17.8 Å². The van der Waals surface area contributed by atoms with Crippen LogP contribution in [0.1, 0.15) is 31.4 Å². The van der Waals surface area contributed by atoms with Gasteiger partial charge in [-0.3, -0.25) is 14.5 Å². The fourth-order valence-electron chi connectivity index (χ4n) is 3.12. The molecule has 1 fully saturated rings. The molecule has 0 aliphatic heterocycles. The molecule has 0 aromatic carbocycles. The van der Waals surface area contributed by atoms with Crippen molar-refractivity contribution in [1.82, 2.24) is 19.2 Å². The van der Waals surface area contributed by atoms with Crippen molar-refractivity contribution in [3.8, 4) is 11.4 Å². The summed E-state index contributed by atoms with van der Waals surface area (Å²) in [7, 11) is -1.68. The van der Waals surface area contributed by atoms with Gasteiger partial charge in [-0.25, -0.2) is 13.4 Å². The zero-order valence-electron chi connectivity index (χ0n) is 14.3. The topological polar surface area (TPSA) is 86.3 Å². The number of pyridine rings is 1. The van der Waals surface area contributed by atoms with E-state index in [-0.39, 0.29) is 27.6 Å². The van der Waals surface area contributed by atoms with Crippen LogP contribution >= 0.6 is 15.9 Å². The third kappa shape index (κ3) is 2.79. The van der Waals surface area contributed by atoms with Crippen molar-refractivity contribution in [2.24, 2.45) is 7.05 Å². The van der Waals surface area contributed by atoms with Gasteiger partial charge in [0.1, 0.15) is 5.69 Å². The molecule has 1 saturated carbocycles. The molecule has 7 nitrogen and oxygen atoms in total. The molecule has 0 radical (unpaired) electrons. The Morgan fingerprint density at radius 2 is 2.00 bits per heavy atom. The molecule has 1 aliphatic rings. The molecule has 0 amide bonds. The summed E-state index contributed by atoms with van der Waals surface area (Å²) >= 11 is 3.26. The molecular formula is C17H17BrN4O3S. The monoisotopic (exact) mass is 436 g/mol. The zero-order valence-corrected chi connectivity index (χ0v) is 16.7. The molecule has 9 heteroatoms. The van der Waals surface area contributed by atoms with Crippen molar-refractivity contribution in [3.05, 3.63) is 44.9 Å². The Labute approximate surface area is 158 Å². The Morgan fingerprint density at radius 1 is 1.27 bits per heavy atom. The summed E-state index contributed by atoms with van der Waals surface area (Å²) in [5.41, 5.74) is 1.77. The standard InChI is InChI=1S/C17H17BrN4O3S/c1-3-26(24,25)14-6-11(18)9-19-17(14)12-7-16(23)22-15(20-12)8-13(21(22)2)10-4-5-10/h6-10H,3-5H2,1-2H3. The smallest absolute Gasteiger partial charge is 0.273 e. The highest BCUT2D eigenvalue weighted by Gasteiger charge is 2.28. The minimum Gasteiger partial charge on any atom is -0.283 e. The number of halogens is 1. The number of rotatable bonds is 4. The number of hydrogen-bond donors (Lipinski definition) is 0. The second-order valence-electron chi connectivity index (χ2n) is 6.42. The third-order valence-electron chi connectivity index (χ3n) is 4.64. The molecule has 0 unspecified atom stereocenters. The summed E-state index contributed by atoms with van der Waals surface area (Å²) in [4.78, 5) is 21.5. The van der Waals surface area contributed by atoms with Crippen LogP contribution in [-0.4, -0.2) is 33.3 Å². The SMILES string of the molecule is CCS(=O)(=O)c1cc(Br)cnc1-c1cc(=O)n2c(cc(C3CC3)n2C)n1. The summed E-state index contributed by atoms with van der Waals surface area (Å²) in [5, 5.41) is 0. The van der Waals surface area contributed by atoms with Crippen LogP contribution in [0.3, 0.4) is 0 Å². The molecule has 1 aliphatic carbocycles. The Morgan fingerprint density at radius 3 is 2.65 bits per heavy atom. The van der Waals surface area contributed by atoms with Crippen LogP contribution < -0.4 is 5.56 Å². The third-order valence-corrected chi connectivity index (χ3v) is 6.82. The molecule has 0 bridgehead atoms. The molecule has 4 rings (SSSR count). The first-order valence-corrected chi connectivity index (χ1v) is 10.7. The van der Waals surface area contributed by atoms with Crippen molar-refractivity contribution in [1.29, 1.82) is 0 Å². The maximum absolute atomic E-state index is 12.7. The van der Waals surface area contributed by atoms with Crippen molar-refractivity contribution in [2.75, 3.05) is 5.75 Å². The first kappa shape index (κ1) is 17.4. The zero-order chi connectivity index (χ0) is 18.6. The lowest BCUT2D eigenvalue weighted by Crippen LogP contribution is -2.20. The van der Waals surface area contributed by atoms with E-state index in [0.29, 0.717) is 16.0 Å². The average Bonchev–Trinajstić information content (AvgIpc) is 3.38. The molecule has 0 atom stereocenters. The predicted octanol–water partition coefficient (Wildman–Crippen LogP) is 2.53. The maximum atomic E-state index is 12.7. The summed E-state index contributed by atoms with van der Waals surface area (Å²) in [6.07, 6.45) is 3.73. The number of sulfone groups is 1. The number of aryl methyl sites for hydroxylation is 1. The summed E-state index contributed by atoms with van der Waals surface area (Å²) < 4.78 is 28.8. The molecule has 3 aromatic rings. The van der Waals surface area contributed by atoms with Gasteiger partial charge in [0.15, 0.2) is 15.5 Å². The lowest BCUT2D eigenvalue weighted by molar-refractivity contribution is 0.597. The Balaban J connectivity index is 1.97. The van der Waals surface area contributed by atoms with Gasteiger partial charge in [0.25, 0.3) is 5.56 Å². The fraction of sp³-hybridized carbons (Fsp3) is 0.353. The lowest BCUT2D eigenvalue weighted by atomic mass is 10.2. The number of nitrogens with zero attached hydrogens (tertiary/aromatic N) is 4. The molecule has 26 heavy (non-hydrogen) atoms. The molecule has 0 N–H and O–H groups in total. The highest BCUT2D eigenvalue weighted by atomic mass is 79.9. The maximum Gasteiger partial charge on any atom is 0.273 e. The summed E-state index contributed by atoms with van der Waals surface area (Å²) in [6, 6.07) is 4.75. The molecule has 0 spiro atoms. The Hall–Kier alpha value is -2.00. The van der Waals surface area contributed by atoms with Crippen molar-refractivity contribution < 1.29 is 8.42 Å². The first-order valence-electron chi connectivity index (χ1n) is 8.30. The summed E-state index contributed by atoms with van der Waals surface area (Å²) in [5.74, 6) is 0.405. The van der Waals surface area contributed by atoms with Gasteiger partial charge in [-0.15, -0.1) is 0 Å². The predicted molar refractivity (Wildman–Crippen MR) is 101 cm³/mol. The van der Waals surface area contributed by atoms with Crippen LogP contribution in [0.15, 0.2) is 38.6 Å². The van der Waals surface area contributed by atoms with E-state index in [1.54, 1.807) is 6.92 Å². The van der Waals surface area contributed by atoms with E-state index in [1.165, 1.54) is 22.8 Å². The van der Waals surface area contributed by atoms with E-state index >= 15 is 0 Å². The number of fused-ring (bicyclic) bond motifs is 1. The van der Waals surface area contributed by atoms with Crippen LogP contribution in [0.2, 0.25) is 0 Å². The van der Waals surface area contributed by atoms with Crippen LogP contribution in [-0.2, 0) is 16.9 Å². The number of aromatic nitrogens is 4. The van der Waals surface area contributed by atoms with Crippen LogP contribution in [0.4, 0.5) is 0 Å². The second-order valence-corrected chi connectivity index (χ2v) is 9.58. The highest BCUT2D eigenvalue weighted by Crippen LogP contribution is 2.40. The minimum absolute atomic E-state index is 0.0590. The van der Waals surface area contributed by atoms with E-state index in [2.05, 4.69) is 25.9 Å². The number of hydrogen-bond acceptors (Lipinski definition) is 5. The van der Waals surface area contributed by atoms with Crippen molar-refractivity contribution >= 4 is 31.4 Å². The van der Waals surface area contributed by atoms with E-state index < -0.39 is 9.84 Å². The Bertz CT molecular complexity index is 1190. The van der Waals surface area contributed by atoms with Gasteiger partial charge in [0.2, 0.25) is 0 Å². The quantitative estimate of drug-likeness (QED) is 0.626. The second kappa shape index (κ2) is 6.02. The Kier molecular flexibility index (Phi) is 4.03. The first-order chi connectivity index (χ1) is 12.3. The van der Waals surface area contributed by atoms with Gasteiger partial charge in [-0.2, -0.15) is 4.52 Å². The van der Waals surface area contributed by atoms with Crippen LogP contribution in [0.25, 0.3) is 17.0 Å². The van der Waals surface area contributed by atoms with Gasteiger partial charge in [-0.1, -0.05) is 6.92 Å². The highest BCUT2D eigenvalue weighted by molar-refractivity contribution is 9.10. The van der Waals surface area contributed by atoms with E-state index in [0.717, 1.165) is 18.5 Å². The molecular weight excluding hydrogens is 420 g/mol. The van der Waals surface area contributed by atoms with Crippen LogP contribution in [0, 0.1) is 0 Å². The van der Waals surface area contributed by atoms with Crippen LogP contribution in [0.5, 0.6) is 0 Å². The van der Waals surface area contributed by atoms with E-state index in [9.17, 15) is 13.2 Å². The van der Waals surface area contributed by atoms with Gasteiger partial charge in [0, 0.05) is 41.5 Å². The molecule has 0 saturated heterocycles. The van der Waals surface area contributed by atoms with Gasteiger partial charge in [0.05, 0.1) is 16.3 Å². The van der Waals surface area contributed by atoms with Crippen molar-refractivity contribution in [3.63, 3.8) is 0 Å². The largest absolute Gasteiger partial charge is 0.283 e. The van der Waals surface area contributed by atoms with Crippen molar-refractivity contribution in [2.45, 2.75) is 30.6 Å². The average molecular weight is 437 g/mol. The normalized spacial score (nSPS) is 14.9. The van der Waals surface area contributed by atoms with Gasteiger partial charge < -0.3 is 0 Å². The molecule has 3 aromatic heterocycles. The molecule has 136 valence electrons. The fourth-order valence-corrected chi connectivity index (χ4v) is 4.67. The summed E-state index contributed by atoms with van der Waals surface area (Å²) in [6.45, 7) is 1.57. The molecule has 3 heterocycles. The van der Waals surface area contributed by atoms with Gasteiger partial charge in [-0.05, 0) is 34.8 Å². The minimum atomic E-state index is -3.52. The van der Waals surface area contributed by atoms with Gasteiger partial charge >= 0.3 is 0 Å². The van der Waals surface area contributed by atoms with E-state index in [4.69, 9.17) is 0 Å².